The first-order valence-electron chi connectivity index (χ1n) is 7.67. The zero-order valence-electron chi connectivity index (χ0n) is 12.6. The zero-order chi connectivity index (χ0) is 14.6. The van der Waals surface area contributed by atoms with Gasteiger partial charge in [-0.25, -0.2) is 0 Å². The van der Waals surface area contributed by atoms with Crippen LogP contribution in [0.5, 0.6) is 0 Å². The molecule has 1 aromatic rings. The number of amides is 1. The van der Waals surface area contributed by atoms with E-state index in [1.54, 1.807) is 6.92 Å². The molecule has 3 N–H and O–H groups in total. The quantitative estimate of drug-likeness (QED) is 0.887. The fraction of sp³-hybridized carbons (Fsp3) is 0.588. The van der Waals surface area contributed by atoms with Crippen LogP contribution >= 0.6 is 0 Å². The average Bonchev–Trinajstić information content (AvgIpc) is 2.49. The van der Waals surface area contributed by atoms with Crippen molar-refractivity contribution in [1.82, 2.24) is 5.32 Å². The number of hydrogen-bond acceptors (Lipinski definition) is 2. The molecular formula is C17H26N2O. The van der Waals surface area contributed by atoms with Gasteiger partial charge in [0, 0.05) is 6.04 Å². The first-order chi connectivity index (χ1) is 9.51. The van der Waals surface area contributed by atoms with E-state index in [1.807, 2.05) is 30.3 Å². The topological polar surface area (TPSA) is 55.1 Å². The van der Waals surface area contributed by atoms with Crippen molar-refractivity contribution in [1.29, 1.82) is 0 Å². The molecule has 110 valence electrons. The molecule has 1 saturated carbocycles. The number of benzene rings is 1. The average molecular weight is 274 g/mol. The van der Waals surface area contributed by atoms with Crippen LogP contribution in [0.2, 0.25) is 0 Å². The molecule has 20 heavy (non-hydrogen) atoms. The predicted octanol–water partition coefficient (Wildman–Crippen LogP) is 2.95. The molecule has 0 aromatic heterocycles. The lowest BCUT2D eigenvalue weighted by Gasteiger charge is -2.32. The first-order valence-corrected chi connectivity index (χ1v) is 7.67. The van der Waals surface area contributed by atoms with E-state index in [-0.39, 0.29) is 11.9 Å². The number of carbonyl (C=O) groups is 1. The molecule has 2 rings (SSSR count). The van der Waals surface area contributed by atoms with Gasteiger partial charge >= 0.3 is 0 Å². The summed E-state index contributed by atoms with van der Waals surface area (Å²) in [5, 5.41) is 3.12. The van der Waals surface area contributed by atoms with Gasteiger partial charge in [-0.1, -0.05) is 49.6 Å². The number of carbonyl (C=O) groups excluding carboxylic acids is 1. The molecular weight excluding hydrogens is 248 g/mol. The van der Waals surface area contributed by atoms with Gasteiger partial charge in [0.05, 0.1) is 0 Å². The normalized spacial score (nSPS) is 20.9. The summed E-state index contributed by atoms with van der Waals surface area (Å²) in [6, 6.07) is 9.78. The Labute approximate surface area is 121 Å². The zero-order valence-corrected chi connectivity index (χ0v) is 12.6. The highest BCUT2D eigenvalue weighted by molar-refractivity contribution is 5.87. The van der Waals surface area contributed by atoms with Crippen molar-refractivity contribution in [2.24, 2.45) is 11.7 Å². The van der Waals surface area contributed by atoms with Gasteiger partial charge in [-0.15, -0.1) is 0 Å². The second-order valence-corrected chi connectivity index (χ2v) is 6.23. The van der Waals surface area contributed by atoms with E-state index in [9.17, 15) is 4.79 Å². The molecule has 1 unspecified atom stereocenters. The summed E-state index contributed by atoms with van der Waals surface area (Å²) in [4.78, 5) is 12.5. The molecule has 1 aromatic carbocycles. The van der Waals surface area contributed by atoms with Gasteiger partial charge in [-0.3, -0.25) is 4.79 Å². The van der Waals surface area contributed by atoms with Crippen molar-refractivity contribution in [3.63, 3.8) is 0 Å². The third-order valence-corrected chi connectivity index (χ3v) is 4.56. The Bertz CT molecular complexity index is 436. The smallest absolute Gasteiger partial charge is 0.244 e. The molecule has 1 amide bonds. The van der Waals surface area contributed by atoms with Crippen LogP contribution in [0, 0.1) is 5.92 Å². The van der Waals surface area contributed by atoms with Gasteiger partial charge < -0.3 is 11.1 Å². The SMILES string of the molecule is C[C@H](NC(=O)C(C)(N)c1ccccc1)C1CCCCC1. The third-order valence-electron chi connectivity index (χ3n) is 4.56. The van der Waals surface area contributed by atoms with E-state index >= 15 is 0 Å². The van der Waals surface area contributed by atoms with Crippen molar-refractivity contribution in [2.75, 3.05) is 0 Å². The molecule has 1 aliphatic carbocycles. The van der Waals surface area contributed by atoms with Crippen molar-refractivity contribution in [3.8, 4) is 0 Å². The molecule has 2 atom stereocenters. The monoisotopic (exact) mass is 274 g/mol. The van der Waals surface area contributed by atoms with Gasteiger partial charge in [0.15, 0.2) is 0 Å². The summed E-state index contributed by atoms with van der Waals surface area (Å²) in [5.41, 5.74) is 6.13. The molecule has 1 aliphatic rings. The minimum absolute atomic E-state index is 0.0817. The van der Waals surface area contributed by atoms with Gasteiger partial charge in [-0.2, -0.15) is 0 Å². The Morgan fingerprint density at radius 2 is 1.85 bits per heavy atom. The highest BCUT2D eigenvalue weighted by Gasteiger charge is 2.32. The fourth-order valence-corrected chi connectivity index (χ4v) is 3.02. The molecule has 3 nitrogen and oxygen atoms in total. The fourth-order valence-electron chi connectivity index (χ4n) is 3.02. The number of nitrogens with one attached hydrogen (secondary N) is 1. The molecule has 1 fully saturated rings. The number of nitrogens with two attached hydrogens (primary N) is 1. The van der Waals surface area contributed by atoms with E-state index in [4.69, 9.17) is 5.73 Å². The van der Waals surface area contributed by atoms with Gasteiger partial charge in [-0.05, 0) is 38.2 Å². The van der Waals surface area contributed by atoms with E-state index in [0.717, 1.165) is 5.56 Å². The van der Waals surface area contributed by atoms with Crippen molar-refractivity contribution < 1.29 is 4.79 Å². The Morgan fingerprint density at radius 1 is 1.25 bits per heavy atom. The van der Waals surface area contributed by atoms with Gasteiger partial charge in [0.1, 0.15) is 5.54 Å². The second kappa shape index (κ2) is 6.40. The van der Waals surface area contributed by atoms with Crippen LogP contribution in [0.4, 0.5) is 0 Å². The Kier molecular flexibility index (Phi) is 4.81. The third kappa shape index (κ3) is 3.40. The van der Waals surface area contributed by atoms with Crippen LogP contribution in [-0.2, 0) is 10.3 Å². The van der Waals surface area contributed by atoms with E-state index < -0.39 is 5.54 Å². The molecule has 0 saturated heterocycles. The maximum absolute atomic E-state index is 12.5. The Morgan fingerprint density at radius 3 is 2.45 bits per heavy atom. The van der Waals surface area contributed by atoms with Crippen LogP contribution in [0.25, 0.3) is 0 Å². The molecule has 0 bridgehead atoms. The summed E-state index contributed by atoms with van der Waals surface area (Å²) < 4.78 is 0. The second-order valence-electron chi connectivity index (χ2n) is 6.23. The largest absolute Gasteiger partial charge is 0.351 e. The van der Waals surface area contributed by atoms with Crippen LogP contribution in [0.15, 0.2) is 30.3 Å². The number of hydrogen-bond donors (Lipinski definition) is 2. The van der Waals surface area contributed by atoms with E-state index in [1.165, 1.54) is 32.1 Å². The molecule has 0 heterocycles. The summed E-state index contributed by atoms with van der Waals surface area (Å²) in [6.07, 6.45) is 6.32. The summed E-state index contributed by atoms with van der Waals surface area (Å²) in [7, 11) is 0. The van der Waals surface area contributed by atoms with Crippen LogP contribution in [0.3, 0.4) is 0 Å². The standard InChI is InChI=1S/C17H26N2O/c1-13(14-9-5-3-6-10-14)19-16(20)17(2,18)15-11-7-4-8-12-15/h4,7-8,11-14H,3,5-6,9-10,18H2,1-2H3,(H,19,20)/t13-,17?/m0/s1. The minimum Gasteiger partial charge on any atom is -0.351 e. The van der Waals surface area contributed by atoms with Crippen LogP contribution in [0.1, 0.15) is 51.5 Å². The van der Waals surface area contributed by atoms with Crippen LogP contribution < -0.4 is 11.1 Å². The Hall–Kier alpha value is -1.35. The molecule has 0 aliphatic heterocycles. The first kappa shape index (κ1) is 15.0. The van der Waals surface area contributed by atoms with Crippen molar-refractivity contribution in [2.45, 2.75) is 57.5 Å². The van der Waals surface area contributed by atoms with Gasteiger partial charge in [0.25, 0.3) is 0 Å². The van der Waals surface area contributed by atoms with Gasteiger partial charge in [0.2, 0.25) is 5.91 Å². The van der Waals surface area contributed by atoms with Crippen LogP contribution in [-0.4, -0.2) is 11.9 Å². The minimum atomic E-state index is -0.968. The maximum Gasteiger partial charge on any atom is 0.244 e. The summed E-state index contributed by atoms with van der Waals surface area (Å²) in [5.74, 6) is 0.515. The van der Waals surface area contributed by atoms with Crippen molar-refractivity contribution >= 4 is 5.91 Å². The lowest BCUT2D eigenvalue weighted by molar-refractivity contribution is -0.127. The highest BCUT2D eigenvalue weighted by atomic mass is 16.2. The molecule has 0 radical (unpaired) electrons. The number of rotatable bonds is 4. The predicted molar refractivity (Wildman–Crippen MR) is 82.2 cm³/mol. The molecule has 0 spiro atoms. The lowest BCUT2D eigenvalue weighted by atomic mass is 9.84. The highest BCUT2D eigenvalue weighted by Crippen LogP contribution is 2.27. The van der Waals surface area contributed by atoms with E-state index in [0.29, 0.717) is 5.92 Å². The maximum atomic E-state index is 12.5. The van der Waals surface area contributed by atoms with E-state index in [2.05, 4.69) is 12.2 Å². The lowest BCUT2D eigenvalue weighted by Crippen LogP contribution is -2.52. The summed E-state index contributed by atoms with van der Waals surface area (Å²) >= 11 is 0. The Balaban J connectivity index is 2.00. The summed E-state index contributed by atoms with van der Waals surface area (Å²) in [6.45, 7) is 3.89. The molecule has 3 heteroatoms. The van der Waals surface area contributed by atoms with Crippen molar-refractivity contribution in [3.05, 3.63) is 35.9 Å².